The maximum atomic E-state index is 3.97. The van der Waals surface area contributed by atoms with Gasteiger partial charge in [0, 0.05) is 6.42 Å². The molecule has 0 aliphatic heterocycles. The summed E-state index contributed by atoms with van der Waals surface area (Å²) < 4.78 is 0. The van der Waals surface area contributed by atoms with Crippen LogP contribution in [0.4, 0.5) is 0 Å². The smallest absolute Gasteiger partial charge is 0.00923 e. The SMILES string of the molecule is C=C1C#CCCCCCCCCC1. The Kier molecular flexibility index (Phi) is 5.41. The zero-order valence-corrected chi connectivity index (χ0v) is 8.57. The summed E-state index contributed by atoms with van der Waals surface area (Å²) >= 11 is 0. The van der Waals surface area contributed by atoms with Gasteiger partial charge in [0.15, 0.2) is 0 Å². The van der Waals surface area contributed by atoms with Gasteiger partial charge in [0.2, 0.25) is 0 Å². The maximum Gasteiger partial charge on any atom is 0.00923 e. The van der Waals surface area contributed by atoms with Gasteiger partial charge < -0.3 is 0 Å². The first-order valence-corrected chi connectivity index (χ1v) is 5.56. The van der Waals surface area contributed by atoms with E-state index in [1.807, 2.05) is 0 Å². The molecule has 0 radical (unpaired) electrons. The second-order valence-electron chi connectivity index (χ2n) is 3.88. The normalized spacial score (nSPS) is 20.8. The van der Waals surface area contributed by atoms with E-state index in [-0.39, 0.29) is 0 Å². The first kappa shape index (κ1) is 10.4. The van der Waals surface area contributed by atoms with E-state index < -0.39 is 0 Å². The molecule has 0 atom stereocenters. The summed E-state index contributed by atoms with van der Waals surface area (Å²) in [5.41, 5.74) is 1.14. The number of rotatable bonds is 0. The molecule has 0 unspecified atom stereocenters. The lowest BCUT2D eigenvalue weighted by Gasteiger charge is -2.02. The van der Waals surface area contributed by atoms with E-state index in [9.17, 15) is 0 Å². The highest BCUT2D eigenvalue weighted by Crippen LogP contribution is 2.12. The molecule has 0 saturated carbocycles. The predicted octanol–water partition coefficient (Wildman–Crippen LogP) is 4.07. The molecule has 0 saturated heterocycles. The first-order chi connectivity index (χ1) is 6.39. The van der Waals surface area contributed by atoms with Crippen molar-refractivity contribution in [3.05, 3.63) is 12.2 Å². The topological polar surface area (TPSA) is 0 Å². The fraction of sp³-hybridized carbons (Fsp3) is 0.692. The van der Waals surface area contributed by atoms with Gasteiger partial charge in [-0.2, -0.15) is 0 Å². The van der Waals surface area contributed by atoms with Crippen molar-refractivity contribution >= 4 is 0 Å². The molecule has 1 rings (SSSR count). The average Bonchev–Trinajstić information content (AvgIpc) is 2.11. The van der Waals surface area contributed by atoms with E-state index in [0.29, 0.717) is 0 Å². The zero-order chi connectivity index (χ0) is 9.36. The lowest BCUT2D eigenvalue weighted by atomic mass is 10.0. The van der Waals surface area contributed by atoms with Gasteiger partial charge in [-0.25, -0.2) is 0 Å². The summed E-state index contributed by atoms with van der Waals surface area (Å²) in [6.45, 7) is 3.97. The molecule has 13 heavy (non-hydrogen) atoms. The molecule has 0 spiro atoms. The number of hydrogen-bond donors (Lipinski definition) is 0. The average molecular weight is 176 g/mol. The molecule has 0 fully saturated rings. The van der Waals surface area contributed by atoms with Crippen molar-refractivity contribution in [2.45, 2.75) is 57.8 Å². The fourth-order valence-electron chi connectivity index (χ4n) is 1.69. The van der Waals surface area contributed by atoms with Crippen LogP contribution < -0.4 is 0 Å². The van der Waals surface area contributed by atoms with Gasteiger partial charge in [0.25, 0.3) is 0 Å². The van der Waals surface area contributed by atoms with Crippen molar-refractivity contribution < 1.29 is 0 Å². The largest absolute Gasteiger partial charge is 0.0983 e. The van der Waals surface area contributed by atoms with Crippen molar-refractivity contribution in [3.63, 3.8) is 0 Å². The minimum Gasteiger partial charge on any atom is -0.0983 e. The van der Waals surface area contributed by atoms with E-state index >= 15 is 0 Å². The summed E-state index contributed by atoms with van der Waals surface area (Å²) in [6, 6.07) is 0. The monoisotopic (exact) mass is 176 g/mol. The highest BCUT2D eigenvalue weighted by molar-refractivity contribution is 5.25. The van der Waals surface area contributed by atoms with Crippen LogP contribution in [0.1, 0.15) is 57.8 Å². The molecule has 1 aliphatic rings. The van der Waals surface area contributed by atoms with Crippen molar-refractivity contribution in [1.82, 2.24) is 0 Å². The molecule has 1 aliphatic carbocycles. The van der Waals surface area contributed by atoms with E-state index in [1.54, 1.807) is 0 Å². The molecule has 0 amide bonds. The van der Waals surface area contributed by atoms with Crippen LogP contribution in [0, 0.1) is 11.8 Å². The summed E-state index contributed by atoms with van der Waals surface area (Å²) in [6.07, 6.45) is 11.7. The highest BCUT2D eigenvalue weighted by atomic mass is 14.0. The molecule has 0 N–H and O–H groups in total. The maximum absolute atomic E-state index is 3.97. The molecule has 0 aromatic carbocycles. The molecule has 0 heteroatoms. The standard InChI is InChI=1S/C13H20/c1-13-11-9-7-5-3-2-4-6-8-10-12-13/h1-9,11H2. The van der Waals surface area contributed by atoms with Gasteiger partial charge in [-0.3, -0.25) is 0 Å². The van der Waals surface area contributed by atoms with Gasteiger partial charge in [0.05, 0.1) is 0 Å². The third-order valence-electron chi connectivity index (χ3n) is 2.55. The van der Waals surface area contributed by atoms with Gasteiger partial charge in [0.1, 0.15) is 0 Å². The lowest BCUT2D eigenvalue weighted by molar-refractivity contribution is 0.582. The molecule has 0 bridgehead atoms. The van der Waals surface area contributed by atoms with Crippen LogP contribution in [0.5, 0.6) is 0 Å². The second-order valence-corrected chi connectivity index (χ2v) is 3.88. The molecule has 72 valence electrons. The lowest BCUT2D eigenvalue weighted by Crippen LogP contribution is -1.84. The predicted molar refractivity (Wildman–Crippen MR) is 58.5 cm³/mol. The van der Waals surface area contributed by atoms with Gasteiger partial charge in [-0.15, -0.1) is 0 Å². The fourth-order valence-corrected chi connectivity index (χ4v) is 1.69. The van der Waals surface area contributed by atoms with Crippen molar-refractivity contribution in [3.8, 4) is 11.8 Å². The summed E-state index contributed by atoms with van der Waals surface area (Å²) in [7, 11) is 0. The Morgan fingerprint density at radius 1 is 0.846 bits per heavy atom. The third kappa shape index (κ3) is 5.53. The zero-order valence-electron chi connectivity index (χ0n) is 8.57. The van der Waals surface area contributed by atoms with Gasteiger partial charge >= 0.3 is 0 Å². The molecule has 0 heterocycles. The van der Waals surface area contributed by atoms with Crippen LogP contribution in [-0.4, -0.2) is 0 Å². The van der Waals surface area contributed by atoms with Crippen LogP contribution in [0.3, 0.4) is 0 Å². The Morgan fingerprint density at radius 3 is 2.23 bits per heavy atom. The van der Waals surface area contributed by atoms with Crippen LogP contribution in [0.25, 0.3) is 0 Å². The van der Waals surface area contributed by atoms with E-state index in [4.69, 9.17) is 0 Å². The van der Waals surface area contributed by atoms with Crippen LogP contribution in [0.15, 0.2) is 12.2 Å². The highest BCUT2D eigenvalue weighted by Gasteiger charge is 1.94. The van der Waals surface area contributed by atoms with Crippen molar-refractivity contribution in [1.29, 1.82) is 0 Å². The van der Waals surface area contributed by atoms with E-state index in [0.717, 1.165) is 18.4 Å². The number of allylic oxidation sites excluding steroid dienone is 1. The van der Waals surface area contributed by atoms with Gasteiger partial charge in [-0.05, 0) is 24.8 Å². The Balaban J connectivity index is 2.31. The first-order valence-electron chi connectivity index (χ1n) is 5.56. The molecule has 0 nitrogen and oxygen atoms in total. The third-order valence-corrected chi connectivity index (χ3v) is 2.55. The van der Waals surface area contributed by atoms with Crippen LogP contribution >= 0.6 is 0 Å². The minimum atomic E-state index is 1.07. The summed E-state index contributed by atoms with van der Waals surface area (Å²) in [4.78, 5) is 0. The van der Waals surface area contributed by atoms with Gasteiger partial charge in [-0.1, -0.05) is 50.5 Å². The van der Waals surface area contributed by atoms with E-state index in [2.05, 4.69) is 18.4 Å². The Labute approximate surface area is 82.4 Å². The van der Waals surface area contributed by atoms with Crippen molar-refractivity contribution in [2.24, 2.45) is 0 Å². The Hall–Kier alpha value is -0.700. The Morgan fingerprint density at radius 2 is 1.46 bits per heavy atom. The quantitative estimate of drug-likeness (QED) is 0.488. The molecule has 0 aromatic heterocycles. The Bertz CT molecular complexity index is 202. The number of hydrogen-bond acceptors (Lipinski definition) is 0. The summed E-state index contributed by atoms with van der Waals surface area (Å²) in [5.74, 6) is 6.36. The van der Waals surface area contributed by atoms with Crippen molar-refractivity contribution in [2.75, 3.05) is 0 Å². The second kappa shape index (κ2) is 6.78. The van der Waals surface area contributed by atoms with Crippen LogP contribution in [-0.2, 0) is 0 Å². The van der Waals surface area contributed by atoms with Crippen LogP contribution in [0.2, 0.25) is 0 Å². The summed E-state index contributed by atoms with van der Waals surface area (Å²) in [5, 5.41) is 0. The molecular weight excluding hydrogens is 156 g/mol. The van der Waals surface area contributed by atoms with E-state index in [1.165, 1.54) is 44.9 Å². The minimum absolute atomic E-state index is 1.07. The molecular formula is C13H20. The molecule has 0 aromatic rings.